The summed E-state index contributed by atoms with van der Waals surface area (Å²) in [6, 6.07) is 4.69. The number of rotatable bonds is 37. The second-order valence-electron chi connectivity index (χ2n) is 14.5. The van der Waals surface area contributed by atoms with E-state index in [4.69, 9.17) is 33.9 Å². The van der Waals surface area contributed by atoms with E-state index in [0.29, 0.717) is 24.3 Å². The van der Waals surface area contributed by atoms with Crippen molar-refractivity contribution in [3.05, 3.63) is 0 Å². The Hall–Kier alpha value is 0.200. The van der Waals surface area contributed by atoms with Gasteiger partial charge in [0.2, 0.25) is 0 Å². The van der Waals surface area contributed by atoms with Gasteiger partial charge >= 0.3 is 11.9 Å². The van der Waals surface area contributed by atoms with Crippen molar-refractivity contribution in [2.24, 2.45) is 0 Å². The third-order valence-electron chi connectivity index (χ3n) is 9.08. The largest absolute Gasteiger partial charge is 0.465 e. The zero-order chi connectivity index (χ0) is 41.6. The molecule has 0 spiro atoms. The predicted octanol–water partition coefficient (Wildman–Crippen LogP) is 14.9. The third-order valence-corrected chi connectivity index (χ3v) is 17.1. The van der Waals surface area contributed by atoms with Gasteiger partial charge in [-0.3, -0.25) is 9.59 Å². The predicted molar refractivity (Wildman–Crippen MR) is 262 cm³/mol. The van der Waals surface area contributed by atoms with Crippen molar-refractivity contribution < 1.29 is 19.1 Å². The molecule has 0 bridgehead atoms. The van der Waals surface area contributed by atoms with E-state index in [1.54, 1.807) is 45.1 Å². The number of carbonyl (C=O) groups excluding carboxylic acids is 2. The molecule has 0 saturated heterocycles. The normalized spacial score (nSPS) is 13.2. The maximum atomic E-state index is 12.3. The van der Waals surface area contributed by atoms with E-state index < -0.39 is 9.49 Å². The van der Waals surface area contributed by atoms with Gasteiger partial charge in [-0.1, -0.05) is 199 Å². The fraction of sp³-hybridized carbons (Fsp3) is 0.857. The molecule has 0 radical (unpaired) electrons. The lowest BCUT2D eigenvalue weighted by Gasteiger charge is -2.20. The fourth-order valence-corrected chi connectivity index (χ4v) is 13.1. The number of unbranched alkanes of at least 4 members (excludes halogenated alkanes) is 18. The van der Waals surface area contributed by atoms with E-state index in [1.165, 1.54) is 139 Å². The SMILES string of the molecule is CCCCCCCCCCCCSC(=S)SC(C)(C#N)CCC(=O)OCCSSCCOC(=O)CC[C@@](C)(C#N)SC(=S)SCCCCCCCCCCCC. The highest BCUT2D eigenvalue weighted by molar-refractivity contribution is 8.76. The van der Waals surface area contributed by atoms with Crippen molar-refractivity contribution in [2.75, 3.05) is 36.2 Å². The average Bonchev–Trinajstić information content (AvgIpc) is 3.18. The molecule has 2 atom stereocenters. The fourth-order valence-electron chi connectivity index (χ4n) is 5.50. The summed E-state index contributed by atoms with van der Waals surface area (Å²) in [6.45, 7) is 8.75. The van der Waals surface area contributed by atoms with E-state index >= 15 is 0 Å². The summed E-state index contributed by atoms with van der Waals surface area (Å²) >= 11 is 17.2. The van der Waals surface area contributed by atoms with Crippen LogP contribution in [-0.2, 0) is 19.1 Å². The summed E-state index contributed by atoms with van der Waals surface area (Å²) in [5, 5.41) is 19.6. The maximum Gasteiger partial charge on any atom is 0.305 e. The number of nitriles is 2. The molecular weight excluding hydrogens is 853 g/mol. The van der Waals surface area contributed by atoms with Crippen LogP contribution < -0.4 is 0 Å². The first-order chi connectivity index (χ1) is 27.0. The van der Waals surface area contributed by atoms with Crippen LogP contribution in [0.25, 0.3) is 0 Å². The van der Waals surface area contributed by atoms with Crippen molar-refractivity contribution in [3.8, 4) is 12.1 Å². The van der Waals surface area contributed by atoms with Crippen molar-refractivity contribution in [1.29, 1.82) is 10.5 Å². The van der Waals surface area contributed by atoms with E-state index in [0.717, 1.165) is 31.4 Å². The first kappa shape index (κ1) is 56.2. The summed E-state index contributed by atoms with van der Waals surface area (Å²) in [5.74, 6) is 2.55. The summed E-state index contributed by atoms with van der Waals surface area (Å²) in [6.07, 6.45) is 27.2. The van der Waals surface area contributed by atoms with Crippen LogP contribution in [0.15, 0.2) is 0 Å². The first-order valence-corrected chi connectivity index (χ1v) is 28.0. The molecule has 0 N–H and O–H groups in total. The highest BCUT2D eigenvalue weighted by Crippen LogP contribution is 2.36. The van der Waals surface area contributed by atoms with Gasteiger partial charge in [0.25, 0.3) is 0 Å². The molecule has 0 aliphatic carbocycles. The van der Waals surface area contributed by atoms with E-state index in [2.05, 4.69) is 26.0 Å². The van der Waals surface area contributed by atoms with E-state index in [1.807, 2.05) is 13.8 Å². The standard InChI is InChI=1S/C42H72N2O4S8/c1-5-7-9-11-13-15-17-19-21-23-31-51-39(49)55-41(3,35-43)27-25-37(45)47-29-33-53-54-34-30-48-38(46)26-28-42(4,36-44)56-40(50)52-32-24-22-20-18-16-14-12-10-8-6-2/h5-34H2,1-4H3/t41-,42?/m0/s1. The number of hydrogen-bond acceptors (Lipinski definition) is 14. The highest BCUT2D eigenvalue weighted by Gasteiger charge is 2.29. The Labute approximate surface area is 378 Å². The Kier molecular flexibility index (Phi) is 39.5. The van der Waals surface area contributed by atoms with Crippen LogP contribution in [0, 0.1) is 22.7 Å². The summed E-state index contributed by atoms with van der Waals surface area (Å²) in [5.41, 5.74) is 0. The zero-order valence-corrected chi connectivity index (χ0v) is 41.5. The highest BCUT2D eigenvalue weighted by atomic mass is 33.1. The summed E-state index contributed by atoms with van der Waals surface area (Å²) in [7, 11) is 3.11. The second kappa shape index (κ2) is 39.3. The van der Waals surface area contributed by atoms with Crippen molar-refractivity contribution in [3.63, 3.8) is 0 Å². The molecule has 0 aromatic carbocycles. The van der Waals surface area contributed by atoms with Gasteiger partial charge in [-0.15, -0.1) is 23.5 Å². The molecule has 6 nitrogen and oxygen atoms in total. The molecule has 0 aliphatic rings. The van der Waals surface area contributed by atoms with Crippen LogP contribution >= 0.6 is 93.1 Å². The minimum Gasteiger partial charge on any atom is -0.465 e. The number of esters is 2. The summed E-state index contributed by atoms with van der Waals surface area (Å²) < 4.78 is 10.8. The van der Waals surface area contributed by atoms with Gasteiger partial charge in [-0.25, -0.2) is 0 Å². The van der Waals surface area contributed by atoms with Gasteiger partial charge in [0, 0.05) is 24.3 Å². The zero-order valence-electron chi connectivity index (χ0n) is 35.0. The molecule has 322 valence electrons. The number of nitrogens with zero attached hydrogens (tertiary/aromatic N) is 2. The maximum absolute atomic E-state index is 12.3. The second-order valence-corrected chi connectivity index (χ2v) is 24.8. The summed E-state index contributed by atoms with van der Waals surface area (Å²) in [4.78, 5) is 24.7. The number of ether oxygens (including phenoxy) is 2. The van der Waals surface area contributed by atoms with E-state index in [9.17, 15) is 20.1 Å². The Bertz CT molecular complexity index is 1050. The lowest BCUT2D eigenvalue weighted by Crippen LogP contribution is -2.21. The average molecular weight is 926 g/mol. The number of thioether (sulfide) groups is 4. The molecule has 0 aliphatic heterocycles. The Balaban J connectivity index is 3.93. The number of hydrogen-bond donors (Lipinski definition) is 0. The van der Waals surface area contributed by atoms with Crippen LogP contribution in [0.4, 0.5) is 0 Å². The van der Waals surface area contributed by atoms with Gasteiger partial charge in [-0.05, 0) is 51.0 Å². The Morgan fingerprint density at radius 2 is 0.821 bits per heavy atom. The minimum atomic E-state index is -0.757. The van der Waals surface area contributed by atoms with Gasteiger partial charge in [0.15, 0.2) is 0 Å². The van der Waals surface area contributed by atoms with Crippen molar-refractivity contribution in [1.82, 2.24) is 0 Å². The van der Waals surface area contributed by atoms with Crippen LogP contribution in [0.1, 0.15) is 182 Å². The molecular formula is C42H72N2O4S8. The molecule has 0 heterocycles. The Morgan fingerprint density at radius 3 is 1.12 bits per heavy atom. The smallest absolute Gasteiger partial charge is 0.305 e. The van der Waals surface area contributed by atoms with Crippen LogP contribution in [0.2, 0.25) is 0 Å². The monoisotopic (exact) mass is 924 g/mol. The molecule has 14 heteroatoms. The van der Waals surface area contributed by atoms with Crippen LogP contribution in [0.5, 0.6) is 0 Å². The molecule has 56 heavy (non-hydrogen) atoms. The first-order valence-electron chi connectivity index (χ1n) is 21.1. The van der Waals surface area contributed by atoms with E-state index in [-0.39, 0.29) is 38.0 Å². The van der Waals surface area contributed by atoms with Gasteiger partial charge in [-0.2, -0.15) is 10.5 Å². The third kappa shape index (κ3) is 36.1. The lowest BCUT2D eigenvalue weighted by molar-refractivity contribution is -0.144. The quantitative estimate of drug-likeness (QED) is 0.0256. The number of thiocarbonyl (C=S) groups is 2. The topological polar surface area (TPSA) is 100 Å². The van der Waals surface area contributed by atoms with Gasteiger partial charge < -0.3 is 9.47 Å². The number of carbonyl (C=O) groups is 2. The molecule has 0 aromatic heterocycles. The molecule has 0 rings (SSSR count). The minimum absolute atomic E-state index is 0.171. The van der Waals surface area contributed by atoms with Crippen LogP contribution in [-0.4, -0.2) is 64.7 Å². The van der Waals surface area contributed by atoms with Crippen LogP contribution in [0.3, 0.4) is 0 Å². The van der Waals surface area contributed by atoms with Gasteiger partial charge in [0.05, 0.1) is 12.1 Å². The molecule has 0 saturated carbocycles. The Morgan fingerprint density at radius 1 is 0.518 bits per heavy atom. The van der Waals surface area contributed by atoms with Crippen molar-refractivity contribution in [2.45, 2.75) is 191 Å². The van der Waals surface area contributed by atoms with Gasteiger partial charge in [0.1, 0.15) is 29.8 Å². The molecule has 1 unspecified atom stereocenters. The molecule has 0 fully saturated rings. The molecule has 0 aromatic rings. The lowest BCUT2D eigenvalue weighted by atomic mass is 10.1. The molecule has 0 amide bonds. The van der Waals surface area contributed by atoms with Crippen molar-refractivity contribution >= 4 is 112 Å².